The normalized spacial score (nSPS) is 14.5. The Bertz CT molecular complexity index is 1470. The number of hydrogen-bond acceptors (Lipinski definition) is 8. The monoisotopic (exact) mass is 573 g/mol. The highest BCUT2D eigenvalue weighted by Gasteiger charge is 2.30. The average molecular weight is 574 g/mol. The number of rotatable bonds is 10. The topological polar surface area (TPSA) is 96.3 Å². The van der Waals surface area contributed by atoms with Gasteiger partial charge in [-0.2, -0.15) is 13.2 Å². The number of aryl methyl sites for hydroxylation is 1. The van der Waals surface area contributed by atoms with E-state index in [1.807, 2.05) is 19.1 Å². The second-order valence-corrected chi connectivity index (χ2v) is 10.8. The number of piperidine rings is 1. The Morgan fingerprint density at radius 2 is 1.90 bits per heavy atom. The van der Waals surface area contributed by atoms with Crippen LogP contribution in [-0.4, -0.2) is 46.2 Å². The van der Waals surface area contributed by atoms with Gasteiger partial charge in [-0.3, -0.25) is 9.51 Å². The predicted molar refractivity (Wildman–Crippen MR) is 146 cm³/mol. The van der Waals surface area contributed by atoms with Crippen molar-refractivity contribution in [2.75, 3.05) is 26.2 Å². The third kappa shape index (κ3) is 6.80. The van der Waals surface area contributed by atoms with E-state index in [0.717, 1.165) is 54.4 Å². The lowest BCUT2D eigenvalue weighted by Gasteiger charge is -2.26. The molecule has 4 aromatic rings. The van der Waals surface area contributed by atoms with Gasteiger partial charge in [0.1, 0.15) is 17.4 Å². The molecule has 1 aliphatic rings. The lowest BCUT2D eigenvalue weighted by Crippen LogP contribution is -2.35. The van der Waals surface area contributed by atoms with Crippen molar-refractivity contribution in [3.63, 3.8) is 0 Å². The second kappa shape index (κ2) is 12.4. The van der Waals surface area contributed by atoms with Gasteiger partial charge in [-0.05, 0) is 56.6 Å². The molecule has 0 aliphatic carbocycles. The zero-order chi connectivity index (χ0) is 28.1. The standard InChI is InChI=1S/C28H30F3N5O3S/c1-18-6-5-7-22(24(18)25-34-27(37)39-35-25)38-17-23-21(16-32-12-15-36-13-3-2-4-14-36)33-26(40-23)19-8-10-20(11-9-19)28(29,30)31/h5-11,32H,2-4,12-17H2,1H3,(H,34,35,37). The van der Waals surface area contributed by atoms with Crippen molar-refractivity contribution in [1.29, 1.82) is 0 Å². The predicted octanol–water partition coefficient (Wildman–Crippen LogP) is 5.64. The zero-order valence-corrected chi connectivity index (χ0v) is 22.8. The summed E-state index contributed by atoms with van der Waals surface area (Å²) in [4.78, 5) is 22.2. The fourth-order valence-corrected chi connectivity index (χ4v) is 5.73. The number of ether oxygens (including phenoxy) is 1. The first-order valence-corrected chi connectivity index (χ1v) is 14.0. The third-order valence-electron chi connectivity index (χ3n) is 6.85. The molecule has 0 atom stereocenters. The van der Waals surface area contributed by atoms with Crippen LogP contribution in [0.1, 0.15) is 41.0 Å². The maximum Gasteiger partial charge on any atom is 0.439 e. The van der Waals surface area contributed by atoms with Gasteiger partial charge < -0.3 is 15.0 Å². The summed E-state index contributed by atoms with van der Waals surface area (Å²) in [6, 6.07) is 10.5. The van der Waals surface area contributed by atoms with Crippen LogP contribution in [0.15, 0.2) is 51.8 Å². The number of halogens is 3. The number of hydrogen-bond donors (Lipinski definition) is 2. The minimum Gasteiger partial charge on any atom is -0.487 e. The highest BCUT2D eigenvalue weighted by Crippen LogP contribution is 2.35. The fourth-order valence-electron chi connectivity index (χ4n) is 4.73. The lowest BCUT2D eigenvalue weighted by atomic mass is 10.1. The van der Waals surface area contributed by atoms with Crippen molar-refractivity contribution in [1.82, 2.24) is 25.3 Å². The molecular weight excluding hydrogens is 543 g/mol. The first-order chi connectivity index (χ1) is 19.3. The Balaban J connectivity index is 1.35. The number of thiazole rings is 1. The molecule has 2 aromatic carbocycles. The van der Waals surface area contributed by atoms with Crippen molar-refractivity contribution >= 4 is 11.3 Å². The summed E-state index contributed by atoms with van der Waals surface area (Å²) >= 11 is 1.38. The smallest absolute Gasteiger partial charge is 0.439 e. The Hall–Kier alpha value is -3.48. The van der Waals surface area contributed by atoms with Gasteiger partial charge >= 0.3 is 11.9 Å². The summed E-state index contributed by atoms with van der Waals surface area (Å²) in [6.07, 6.45) is -0.655. The van der Waals surface area contributed by atoms with Gasteiger partial charge in [0.05, 0.1) is 21.7 Å². The molecule has 5 rings (SSSR count). The molecule has 3 heterocycles. The molecular formula is C28H30F3N5O3S. The first-order valence-electron chi connectivity index (χ1n) is 13.2. The van der Waals surface area contributed by atoms with Crippen molar-refractivity contribution in [2.45, 2.75) is 45.5 Å². The third-order valence-corrected chi connectivity index (χ3v) is 7.97. The number of aromatic amines is 1. The van der Waals surface area contributed by atoms with Crippen molar-refractivity contribution < 1.29 is 22.4 Å². The average Bonchev–Trinajstić information content (AvgIpc) is 3.56. The largest absolute Gasteiger partial charge is 0.487 e. The number of likely N-dealkylation sites (tertiary alicyclic amines) is 1. The molecule has 1 aliphatic heterocycles. The van der Waals surface area contributed by atoms with Gasteiger partial charge in [-0.1, -0.05) is 35.8 Å². The van der Waals surface area contributed by atoms with E-state index in [1.165, 1.54) is 42.7 Å². The number of benzene rings is 2. The van der Waals surface area contributed by atoms with Crippen molar-refractivity contribution in [2.24, 2.45) is 0 Å². The minimum absolute atomic E-state index is 0.181. The van der Waals surface area contributed by atoms with E-state index in [0.29, 0.717) is 28.4 Å². The summed E-state index contributed by atoms with van der Waals surface area (Å²) in [7, 11) is 0. The number of nitrogens with zero attached hydrogens (tertiary/aromatic N) is 3. The summed E-state index contributed by atoms with van der Waals surface area (Å²) in [5, 5.41) is 7.89. The van der Waals surface area contributed by atoms with Crippen LogP contribution >= 0.6 is 11.3 Å². The molecule has 0 radical (unpaired) electrons. The molecule has 0 saturated carbocycles. The molecule has 1 fully saturated rings. The van der Waals surface area contributed by atoms with Crippen LogP contribution in [0.25, 0.3) is 22.0 Å². The van der Waals surface area contributed by atoms with Gasteiger partial charge in [0, 0.05) is 25.2 Å². The minimum atomic E-state index is -4.40. The second-order valence-electron chi connectivity index (χ2n) is 9.72. The Morgan fingerprint density at radius 1 is 1.12 bits per heavy atom. The van der Waals surface area contributed by atoms with Gasteiger partial charge in [0.25, 0.3) is 0 Å². The molecule has 0 bridgehead atoms. The van der Waals surface area contributed by atoms with Gasteiger partial charge in [-0.25, -0.2) is 9.78 Å². The first kappa shape index (κ1) is 28.1. The number of alkyl halides is 3. The molecule has 0 spiro atoms. The number of aromatic nitrogens is 3. The van der Waals surface area contributed by atoms with Crippen LogP contribution in [0.5, 0.6) is 5.75 Å². The molecule has 1 saturated heterocycles. The van der Waals surface area contributed by atoms with Gasteiger partial charge in [0.2, 0.25) is 0 Å². The summed E-state index contributed by atoms with van der Waals surface area (Å²) in [5.41, 5.74) is 2.14. The van der Waals surface area contributed by atoms with E-state index in [1.54, 1.807) is 6.07 Å². The Morgan fingerprint density at radius 3 is 2.60 bits per heavy atom. The maximum atomic E-state index is 13.1. The molecule has 8 nitrogen and oxygen atoms in total. The lowest BCUT2D eigenvalue weighted by molar-refractivity contribution is -0.137. The molecule has 212 valence electrons. The van der Waals surface area contributed by atoms with Crippen molar-refractivity contribution in [3.05, 3.63) is 74.7 Å². The van der Waals surface area contributed by atoms with E-state index in [9.17, 15) is 18.0 Å². The van der Waals surface area contributed by atoms with Crippen LogP contribution in [0.3, 0.4) is 0 Å². The molecule has 2 N–H and O–H groups in total. The van der Waals surface area contributed by atoms with E-state index in [2.05, 4.69) is 24.9 Å². The summed E-state index contributed by atoms with van der Waals surface area (Å²) in [6.45, 7) is 6.54. The molecule has 2 aromatic heterocycles. The zero-order valence-electron chi connectivity index (χ0n) is 22.0. The molecule has 40 heavy (non-hydrogen) atoms. The van der Waals surface area contributed by atoms with Gasteiger partial charge in [0.15, 0.2) is 5.82 Å². The highest BCUT2D eigenvalue weighted by atomic mass is 32.1. The van der Waals surface area contributed by atoms with Crippen LogP contribution < -0.4 is 15.8 Å². The van der Waals surface area contributed by atoms with E-state index < -0.39 is 17.5 Å². The quantitative estimate of drug-likeness (QED) is 0.237. The van der Waals surface area contributed by atoms with Crippen LogP contribution in [-0.2, 0) is 19.3 Å². The van der Waals surface area contributed by atoms with Crippen molar-refractivity contribution in [3.8, 4) is 27.7 Å². The molecule has 0 amide bonds. The highest BCUT2D eigenvalue weighted by molar-refractivity contribution is 7.15. The molecule has 12 heteroatoms. The Labute approximate surface area is 233 Å². The SMILES string of the molecule is Cc1cccc(OCc2sc(-c3ccc(C(F)(F)F)cc3)nc2CNCCN2CCCCC2)c1-c1noc(=O)[nH]1. The number of H-pyrrole nitrogens is 1. The van der Waals surface area contributed by atoms with Crippen LogP contribution in [0.4, 0.5) is 13.2 Å². The van der Waals surface area contributed by atoms with E-state index in [-0.39, 0.29) is 12.4 Å². The van der Waals surface area contributed by atoms with Crippen LogP contribution in [0.2, 0.25) is 0 Å². The molecule has 0 unspecified atom stereocenters. The van der Waals surface area contributed by atoms with Crippen LogP contribution in [0, 0.1) is 6.92 Å². The fraction of sp³-hybridized carbons (Fsp3) is 0.393. The summed E-state index contributed by atoms with van der Waals surface area (Å²) in [5.74, 6) is 0.122. The number of nitrogens with one attached hydrogen (secondary N) is 2. The summed E-state index contributed by atoms with van der Waals surface area (Å²) < 4.78 is 50.1. The maximum absolute atomic E-state index is 13.1. The van der Waals surface area contributed by atoms with E-state index in [4.69, 9.17) is 9.72 Å². The van der Waals surface area contributed by atoms with E-state index >= 15 is 0 Å². The van der Waals surface area contributed by atoms with Gasteiger partial charge in [-0.15, -0.1) is 11.3 Å². The Kier molecular flexibility index (Phi) is 8.67.